The fourth-order valence-electron chi connectivity index (χ4n) is 1.68. The molecule has 0 aliphatic carbocycles. The Kier molecular flexibility index (Phi) is 6.51. The molecule has 0 aliphatic rings. The minimum absolute atomic E-state index is 0.0915. The second-order valence-corrected chi connectivity index (χ2v) is 5.79. The van der Waals surface area contributed by atoms with Crippen molar-refractivity contribution in [2.75, 3.05) is 13.2 Å². The Balaban J connectivity index is 3.35. The molecule has 1 N–H and O–H groups in total. The summed E-state index contributed by atoms with van der Waals surface area (Å²) in [5.74, 6) is -1.86. The van der Waals surface area contributed by atoms with Crippen molar-refractivity contribution in [1.29, 1.82) is 0 Å². The Morgan fingerprint density at radius 2 is 1.41 bits per heavy atom. The minimum Gasteiger partial charge on any atom is -0.462 e. The molecule has 0 aromatic heterocycles. The van der Waals surface area contributed by atoms with Crippen LogP contribution in [0.4, 0.5) is 0 Å². The summed E-state index contributed by atoms with van der Waals surface area (Å²) in [6.45, 7) is 3.73. The smallest absolute Gasteiger partial charge is 0.339 e. The van der Waals surface area contributed by atoms with E-state index in [9.17, 15) is 22.6 Å². The molecule has 0 unspecified atom stereocenters. The maximum atomic E-state index is 11.9. The van der Waals surface area contributed by atoms with Crippen molar-refractivity contribution in [1.82, 2.24) is 0 Å². The third-order valence-electron chi connectivity index (χ3n) is 2.59. The zero-order valence-electron chi connectivity index (χ0n) is 12.4. The van der Waals surface area contributed by atoms with Gasteiger partial charge in [0.05, 0.1) is 24.3 Å². The van der Waals surface area contributed by atoms with E-state index in [4.69, 9.17) is 9.47 Å². The van der Waals surface area contributed by atoms with Crippen LogP contribution < -0.4 is 0 Å². The topological polar surface area (TPSA) is 107 Å². The first-order chi connectivity index (χ1) is 10.3. The van der Waals surface area contributed by atoms with Gasteiger partial charge < -0.3 is 9.47 Å². The molecule has 0 saturated heterocycles. The average molecular weight is 330 g/mol. The Hall–Kier alpha value is -1.93. The van der Waals surface area contributed by atoms with Crippen molar-refractivity contribution >= 4 is 22.1 Å². The maximum Gasteiger partial charge on any atom is 0.339 e. The standard InChI is InChI=1S/C14H18O7S/c1-3-8-20-13(15)10-6-5-7-11(12(10)22(17,18)19)14(16)21-9-4-2/h5-7H,3-4,8-9H2,1-2H3,(H,17,18,19). The van der Waals surface area contributed by atoms with Gasteiger partial charge >= 0.3 is 11.9 Å². The van der Waals surface area contributed by atoms with Crippen LogP contribution in [0.3, 0.4) is 0 Å². The summed E-state index contributed by atoms with van der Waals surface area (Å²) in [5.41, 5.74) is -0.802. The van der Waals surface area contributed by atoms with Gasteiger partial charge in [-0.3, -0.25) is 4.55 Å². The summed E-state index contributed by atoms with van der Waals surface area (Å²) in [6.07, 6.45) is 1.09. The summed E-state index contributed by atoms with van der Waals surface area (Å²) >= 11 is 0. The van der Waals surface area contributed by atoms with Gasteiger partial charge in [0.1, 0.15) is 4.90 Å². The zero-order chi connectivity index (χ0) is 16.8. The lowest BCUT2D eigenvalue weighted by Crippen LogP contribution is -2.18. The van der Waals surface area contributed by atoms with Crippen LogP contribution in [0.15, 0.2) is 23.1 Å². The van der Waals surface area contributed by atoms with Gasteiger partial charge in [0.25, 0.3) is 10.1 Å². The summed E-state index contributed by atoms with van der Waals surface area (Å²) in [4.78, 5) is 23.0. The summed E-state index contributed by atoms with van der Waals surface area (Å²) in [7, 11) is -4.81. The molecule has 0 aliphatic heterocycles. The molecule has 0 fully saturated rings. The van der Waals surface area contributed by atoms with E-state index in [1.54, 1.807) is 13.8 Å². The van der Waals surface area contributed by atoms with E-state index in [1.165, 1.54) is 6.07 Å². The van der Waals surface area contributed by atoms with Crippen LogP contribution in [-0.4, -0.2) is 38.1 Å². The Morgan fingerprint density at radius 3 is 1.73 bits per heavy atom. The molecule has 0 heterocycles. The number of carbonyl (C=O) groups is 2. The van der Waals surface area contributed by atoms with Crippen LogP contribution in [0.1, 0.15) is 47.4 Å². The highest BCUT2D eigenvalue weighted by Gasteiger charge is 2.28. The lowest BCUT2D eigenvalue weighted by Gasteiger charge is -2.11. The van der Waals surface area contributed by atoms with Gasteiger partial charge in [-0.2, -0.15) is 8.42 Å². The number of benzene rings is 1. The van der Waals surface area contributed by atoms with Crippen LogP contribution in [0.25, 0.3) is 0 Å². The fraction of sp³-hybridized carbons (Fsp3) is 0.429. The first-order valence-corrected chi connectivity index (χ1v) is 8.21. The van der Waals surface area contributed by atoms with E-state index >= 15 is 0 Å². The van der Waals surface area contributed by atoms with Gasteiger partial charge in [-0.15, -0.1) is 0 Å². The van der Waals surface area contributed by atoms with E-state index < -0.39 is 38.1 Å². The highest BCUT2D eigenvalue weighted by molar-refractivity contribution is 7.86. The second kappa shape index (κ2) is 7.90. The molecule has 1 rings (SSSR count). The molecule has 0 bridgehead atoms. The number of rotatable bonds is 7. The SMILES string of the molecule is CCCOC(=O)c1cccc(C(=O)OCCC)c1S(=O)(=O)O. The first kappa shape index (κ1) is 18.1. The van der Waals surface area contributed by atoms with Crippen molar-refractivity contribution in [3.8, 4) is 0 Å². The van der Waals surface area contributed by atoms with Gasteiger partial charge in [-0.25, -0.2) is 9.59 Å². The molecule has 0 spiro atoms. The Labute approximate surface area is 129 Å². The van der Waals surface area contributed by atoms with E-state index in [0.29, 0.717) is 12.8 Å². The molecule has 122 valence electrons. The number of ether oxygens (including phenoxy) is 2. The lowest BCUT2D eigenvalue weighted by molar-refractivity contribution is 0.0493. The molecule has 0 radical (unpaired) electrons. The Morgan fingerprint density at radius 1 is 1.00 bits per heavy atom. The van der Waals surface area contributed by atoms with Crippen LogP contribution in [0.5, 0.6) is 0 Å². The third-order valence-corrected chi connectivity index (χ3v) is 3.54. The van der Waals surface area contributed by atoms with E-state index in [1.807, 2.05) is 0 Å². The van der Waals surface area contributed by atoms with Gasteiger partial charge in [0, 0.05) is 0 Å². The summed E-state index contributed by atoms with van der Waals surface area (Å²) in [5, 5.41) is 0. The normalized spacial score (nSPS) is 11.0. The van der Waals surface area contributed by atoms with Crippen molar-refractivity contribution < 1.29 is 32.0 Å². The number of hydrogen-bond donors (Lipinski definition) is 1. The lowest BCUT2D eigenvalue weighted by atomic mass is 10.1. The quantitative estimate of drug-likeness (QED) is 0.602. The molecule has 8 heteroatoms. The van der Waals surface area contributed by atoms with E-state index in [2.05, 4.69) is 0 Å². The number of carbonyl (C=O) groups excluding carboxylic acids is 2. The molecule has 7 nitrogen and oxygen atoms in total. The van der Waals surface area contributed by atoms with Crippen LogP contribution in [-0.2, 0) is 19.6 Å². The third kappa shape index (κ3) is 4.54. The molecule has 0 atom stereocenters. The minimum atomic E-state index is -4.81. The summed E-state index contributed by atoms with van der Waals surface area (Å²) in [6, 6.07) is 3.65. The summed E-state index contributed by atoms with van der Waals surface area (Å²) < 4.78 is 42.2. The van der Waals surface area contributed by atoms with Crippen molar-refractivity contribution in [2.45, 2.75) is 31.6 Å². The molecule has 1 aromatic rings. The van der Waals surface area contributed by atoms with Gasteiger partial charge in [0.2, 0.25) is 0 Å². The zero-order valence-corrected chi connectivity index (χ0v) is 13.2. The van der Waals surface area contributed by atoms with E-state index in [-0.39, 0.29) is 13.2 Å². The Bertz CT molecular complexity index is 611. The largest absolute Gasteiger partial charge is 0.462 e. The first-order valence-electron chi connectivity index (χ1n) is 6.77. The molecule has 0 saturated carbocycles. The number of esters is 2. The highest BCUT2D eigenvalue weighted by atomic mass is 32.2. The van der Waals surface area contributed by atoms with Crippen molar-refractivity contribution in [3.63, 3.8) is 0 Å². The fourth-order valence-corrected chi connectivity index (χ4v) is 2.54. The average Bonchev–Trinajstić information content (AvgIpc) is 2.48. The van der Waals surface area contributed by atoms with Crippen LogP contribution >= 0.6 is 0 Å². The monoisotopic (exact) mass is 330 g/mol. The molecule has 1 aromatic carbocycles. The van der Waals surface area contributed by atoms with Gasteiger partial charge in [-0.1, -0.05) is 19.9 Å². The molecule has 22 heavy (non-hydrogen) atoms. The van der Waals surface area contributed by atoms with Crippen LogP contribution in [0, 0.1) is 0 Å². The molecular weight excluding hydrogens is 312 g/mol. The predicted molar refractivity (Wildman–Crippen MR) is 77.4 cm³/mol. The molecular formula is C14H18O7S. The van der Waals surface area contributed by atoms with Gasteiger partial charge in [0.15, 0.2) is 0 Å². The van der Waals surface area contributed by atoms with Gasteiger partial charge in [-0.05, 0) is 25.0 Å². The van der Waals surface area contributed by atoms with Crippen molar-refractivity contribution in [2.24, 2.45) is 0 Å². The second-order valence-electron chi connectivity index (χ2n) is 4.43. The predicted octanol–water partition coefficient (Wildman–Crippen LogP) is 2.07. The highest BCUT2D eigenvalue weighted by Crippen LogP contribution is 2.23. The van der Waals surface area contributed by atoms with E-state index in [0.717, 1.165) is 12.1 Å². The maximum absolute atomic E-state index is 11.9. The van der Waals surface area contributed by atoms with Crippen LogP contribution in [0.2, 0.25) is 0 Å². The van der Waals surface area contributed by atoms with Crippen molar-refractivity contribution in [3.05, 3.63) is 29.3 Å². The number of hydrogen-bond acceptors (Lipinski definition) is 6. The molecule has 0 amide bonds.